The molecule has 0 aliphatic heterocycles. The lowest BCUT2D eigenvalue weighted by Crippen LogP contribution is -2.49. The van der Waals surface area contributed by atoms with Crippen molar-refractivity contribution in [3.05, 3.63) is 0 Å². The third kappa shape index (κ3) is 8.06. The second-order valence-corrected chi connectivity index (χ2v) is 4.95. The van der Waals surface area contributed by atoms with Gasteiger partial charge in [-0.1, -0.05) is 20.8 Å². The second kappa shape index (κ2) is 6.07. The lowest BCUT2D eigenvalue weighted by molar-refractivity contribution is -0.140. The molecule has 98 valence electrons. The van der Waals surface area contributed by atoms with Crippen molar-refractivity contribution in [2.45, 2.75) is 33.2 Å². The lowest BCUT2D eigenvalue weighted by atomic mass is 9.97. The third-order valence-electron chi connectivity index (χ3n) is 1.79. The fourth-order valence-electron chi connectivity index (χ4n) is 0.956. The Morgan fingerprint density at radius 1 is 1.29 bits per heavy atom. The molecule has 0 unspecified atom stereocenters. The fraction of sp³-hybridized carbons (Fsp3) is 0.700. The summed E-state index contributed by atoms with van der Waals surface area (Å²) in [5.41, 5.74) is 4.76. The van der Waals surface area contributed by atoms with Crippen LogP contribution in [0.5, 0.6) is 0 Å². The number of rotatable bonds is 5. The van der Waals surface area contributed by atoms with E-state index in [4.69, 9.17) is 10.8 Å². The van der Waals surface area contributed by atoms with Crippen molar-refractivity contribution in [1.82, 2.24) is 10.6 Å². The third-order valence-corrected chi connectivity index (χ3v) is 1.79. The van der Waals surface area contributed by atoms with Crippen LogP contribution in [0.15, 0.2) is 0 Å². The fourth-order valence-corrected chi connectivity index (χ4v) is 0.956. The predicted octanol–water partition coefficient (Wildman–Crippen LogP) is -0.340. The molecule has 0 aliphatic rings. The Bertz CT molecular complexity index is 309. The standard InChI is InChI=1S/C10H19N3O4/c1-10(2,3)5-12-9(17)13-6(8(15)16)4-7(11)14/h6H,4-5H2,1-3H3,(H2,11,14)(H,15,16)(H2,12,13,17)/t6-/m0/s1. The minimum Gasteiger partial charge on any atom is -0.480 e. The zero-order valence-electron chi connectivity index (χ0n) is 10.2. The van der Waals surface area contributed by atoms with Gasteiger partial charge in [0.2, 0.25) is 5.91 Å². The molecule has 17 heavy (non-hydrogen) atoms. The predicted molar refractivity (Wildman–Crippen MR) is 61.2 cm³/mol. The number of aliphatic carboxylic acids is 1. The highest BCUT2D eigenvalue weighted by Crippen LogP contribution is 2.09. The average Bonchev–Trinajstić information content (AvgIpc) is 2.11. The van der Waals surface area contributed by atoms with Crippen LogP contribution >= 0.6 is 0 Å². The highest BCUT2D eigenvalue weighted by molar-refractivity contribution is 5.87. The summed E-state index contributed by atoms with van der Waals surface area (Å²) in [6.45, 7) is 6.16. The van der Waals surface area contributed by atoms with Gasteiger partial charge < -0.3 is 21.5 Å². The first-order valence-corrected chi connectivity index (χ1v) is 5.17. The summed E-state index contributed by atoms with van der Waals surface area (Å²) < 4.78 is 0. The van der Waals surface area contributed by atoms with E-state index in [0.29, 0.717) is 6.54 Å². The Kier molecular flexibility index (Phi) is 5.43. The van der Waals surface area contributed by atoms with Crippen LogP contribution in [-0.2, 0) is 9.59 Å². The number of carboxylic acid groups (broad SMARTS) is 1. The Balaban J connectivity index is 4.22. The summed E-state index contributed by atoms with van der Waals surface area (Å²) in [6.07, 6.45) is -0.432. The number of carbonyl (C=O) groups is 3. The molecule has 0 saturated carbocycles. The maximum absolute atomic E-state index is 11.3. The van der Waals surface area contributed by atoms with Gasteiger partial charge in [-0.25, -0.2) is 9.59 Å². The van der Waals surface area contributed by atoms with Crippen molar-refractivity contribution < 1.29 is 19.5 Å². The van der Waals surface area contributed by atoms with E-state index in [2.05, 4.69) is 10.6 Å². The second-order valence-electron chi connectivity index (χ2n) is 4.95. The van der Waals surface area contributed by atoms with Crippen LogP contribution in [-0.4, -0.2) is 35.6 Å². The van der Waals surface area contributed by atoms with Gasteiger partial charge >= 0.3 is 12.0 Å². The topological polar surface area (TPSA) is 122 Å². The minimum atomic E-state index is -1.30. The maximum atomic E-state index is 11.3. The number of primary amides is 1. The summed E-state index contributed by atoms with van der Waals surface area (Å²) >= 11 is 0. The molecule has 0 aliphatic carbocycles. The van der Waals surface area contributed by atoms with Gasteiger partial charge in [-0.05, 0) is 5.41 Å². The zero-order chi connectivity index (χ0) is 13.6. The van der Waals surface area contributed by atoms with Gasteiger partial charge in [0.05, 0.1) is 6.42 Å². The first-order chi connectivity index (χ1) is 7.61. The van der Waals surface area contributed by atoms with Crippen molar-refractivity contribution in [3.8, 4) is 0 Å². The van der Waals surface area contributed by atoms with Crippen LogP contribution in [0.4, 0.5) is 4.79 Å². The van der Waals surface area contributed by atoms with Crippen molar-refractivity contribution in [3.63, 3.8) is 0 Å². The highest BCUT2D eigenvalue weighted by atomic mass is 16.4. The molecule has 5 N–H and O–H groups in total. The number of amides is 3. The Labute approximate surface area is 99.7 Å². The van der Waals surface area contributed by atoms with Crippen molar-refractivity contribution in [2.24, 2.45) is 11.1 Å². The van der Waals surface area contributed by atoms with Gasteiger partial charge in [0.15, 0.2) is 0 Å². The largest absolute Gasteiger partial charge is 0.480 e. The summed E-state index contributed by atoms with van der Waals surface area (Å²) in [4.78, 5) is 32.7. The molecule has 0 fully saturated rings. The van der Waals surface area contributed by atoms with E-state index in [1.54, 1.807) is 0 Å². The van der Waals surface area contributed by atoms with Crippen LogP contribution < -0.4 is 16.4 Å². The van der Waals surface area contributed by atoms with E-state index in [1.807, 2.05) is 20.8 Å². The van der Waals surface area contributed by atoms with Crippen LogP contribution in [0.1, 0.15) is 27.2 Å². The number of nitrogens with one attached hydrogen (secondary N) is 2. The quantitative estimate of drug-likeness (QED) is 0.529. The molecule has 0 heterocycles. The Morgan fingerprint density at radius 3 is 2.18 bits per heavy atom. The first-order valence-electron chi connectivity index (χ1n) is 5.17. The Morgan fingerprint density at radius 2 is 1.82 bits per heavy atom. The normalized spacial score (nSPS) is 12.6. The van der Waals surface area contributed by atoms with Crippen molar-refractivity contribution in [1.29, 1.82) is 0 Å². The molecule has 3 amide bonds. The van der Waals surface area contributed by atoms with Gasteiger partial charge in [-0.15, -0.1) is 0 Å². The van der Waals surface area contributed by atoms with Crippen LogP contribution in [0, 0.1) is 5.41 Å². The number of hydrogen-bond acceptors (Lipinski definition) is 3. The van der Waals surface area contributed by atoms with Crippen LogP contribution in [0.3, 0.4) is 0 Å². The molecule has 1 atom stereocenters. The molecule has 0 bridgehead atoms. The zero-order valence-corrected chi connectivity index (χ0v) is 10.2. The van der Waals surface area contributed by atoms with Gasteiger partial charge in [-0.2, -0.15) is 0 Å². The van der Waals surface area contributed by atoms with E-state index < -0.39 is 30.4 Å². The number of carboxylic acids is 1. The van der Waals surface area contributed by atoms with E-state index >= 15 is 0 Å². The highest BCUT2D eigenvalue weighted by Gasteiger charge is 2.22. The minimum absolute atomic E-state index is 0.111. The molecule has 0 saturated heterocycles. The lowest BCUT2D eigenvalue weighted by Gasteiger charge is -2.20. The molecular formula is C10H19N3O4. The molecule has 0 aromatic heterocycles. The Hall–Kier alpha value is -1.79. The number of urea groups is 1. The molecule has 7 heteroatoms. The maximum Gasteiger partial charge on any atom is 0.326 e. The van der Waals surface area contributed by atoms with E-state index in [0.717, 1.165) is 0 Å². The van der Waals surface area contributed by atoms with Crippen molar-refractivity contribution in [2.75, 3.05) is 6.54 Å². The molecule has 0 radical (unpaired) electrons. The average molecular weight is 245 g/mol. The molecule has 0 spiro atoms. The number of hydrogen-bond donors (Lipinski definition) is 4. The van der Waals surface area contributed by atoms with Gasteiger partial charge in [-0.3, -0.25) is 4.79 Å². The summed E-state index contributed by atoms with van der Waals surface area (Å²) in [5.74, 6) is -2.08. The monoisotopic (exact) mass is 245 g/mol. The summed E-state index contributed by atoms with van der Waals surface area (Å²) in [7, 11) is 0. The van der Waals surface area contributed by atoms with Crippen LogP contribution in [0.25, 0.3) is 0 Å². The van der Waals surface area contributed by atoms with Gasteiger partial charge in [0.1, 0.15) is 6.04 Å². The van der Waals surface area contributed by atoms with Crippen molar-refractivity contribution >= 4 is 17.9 Å². The summed E-state index contributed by atoms with van der Waals surface area (Å²) in [6, 6.07) is -1.93. The van der Waals surface area contributed by atoms with E-state index in [9.17, 15) is 14.4 Å². The van der Waals surface area contributed by atoms with E-state index in [1.165, 1.54) is 0 Å². The number of nitrogens with two attached hydrogens (primary N) is 1. The first kappa shape index (κ1) is 15.2. The smallest absolute Gasteiger partial charge is 0.326 e. The molecule has 7 nitrogen and oxygen atoms in total. The van der Waals surface area contributed by atoms with E-state index in [-0.39, 0.29) is 5.41 Å². The molecular weight excluding hydrogens is 226 g/mol. The SMILES string of the molecule is CC(C)(C)CNC(=O)N[C@@H](CC(N)=O)C(=O)O. The van der Waals surface area contributed by atoms with Gasteiger partial charge in [0, 0.05) is 6.54 Å². The molecule has 0 aromatic carbocycles. The number of carbonyl (C=O) groups excluding carboxylic acids is 2. The van der Waals surface area contributed by atoms with Crippen LogP contribution in [0.2, 0.25) is 0 Å². The molecule has 0 rings (SSSR count). The molecule has 0 aromatic rings. The summed E-state index contributed by atoms with van der Waals surface area (Å²) in [5, 5.41) is 13.4. The van der Waals surface area contributed by atoms with Gasteiger partial charge in [0.25, 0.3) is 0 Å².